The summed E-state index contributed by atoms with van der Waals surface area (Å²) in [5.41, 5.74) is 3.16. The van der Waals surface area contributed by atoms with Crippen molar-refractivity contribution < 1.29 is 9.53 Å². The molecule has 1 aliphatic carbocycles. The standard InChI is InChI=1S/C30H40N2O2/c1-29(2)17-26-18-30(3,21-29)22-32(26)28(33)25-13-15-31(16-14-25)19-23-9-11-27(12-10-23)34-20-24-7-5-4-6-8-24/h4-12,25-26H,13-22H2,1-3H3/t26-,30+/m1/s1. The molecule has 0 aromatic heterocycles. The second-order valence-corrected chi connectivity index (χ2v) is 12.1. The number of carbonyl (C=O) groups is 1. The molecule has 5 rings (SSSR count). The number of piperidine rings is 1. The number of ether oxygens (including phenoxy) is 1. The number of benzene rings is 2. The zero-order chi connectivity index (χ0) is 23.8. The van der Waals surface area contributed by atoms with Gasteiger partial charge in [-0.3, -0.25) is 9.69 Å². The van der Waals surface area contributed by atoms with Crippen molar-refractivity contribution >= 4 is 5.91 Å². The first-order chi connectivity index (χ1) is 16.3. The highest BCUT2D eigenvalue weighted by atomic mass is 16.5. The molecule has 4 heteroatoms. The average Bonchev–Trinajstić information content (AvgIpc) is 3.08. The minimum Gasteiger partial charge on any atom is -0.489 e. The van der Waals surface area contributed by atoms with Gasteiger partial charge in [-0.15, -0.1) is 0 Å². The van der Waals surface area contributed by atoms with Gasteiger partial charge in [0.15, 0.2) is 0 Å². The topological polar surface area (TPSA) is 32.8 Å². The number of amides is 1. The average molecular weight is 461 g/mol. The van der Waals surface area contributed by atoms with E-state index in [0.29, 0.717) is 29.4 Å². The highest BCUT2D eigenvalue weighted by Crippen LogP contribution is 2.52. The Bertz CT molecular complexity index is 979. The van der Waals surface area contributed by atoms with Gasteiger partial charge < -0.3 is 9.64 Å². The molecule has 0 radical (unpaired) electrons. The van der Waals surface area contributed by atoms with Crippen LogP contribution in [0.15, 0.2) is 54.6 Å². The SMILES string of the molecule is CC1(C)C[C@@H]2C[C@](C)(CN2C(=O)C2CCN(Cc3ccc(OCc4ccccc4)cc3)CC2)C1. The van der Waals surface area contributed by atoms with E-state index in [0.717, 1.165) is 51.2 Å². The second-order valence-electron chi connectivity index (χ2n) is 12.1. The number of hydrogen-bond acceptors (Lipinski definition) is 3. The zero-order valence-corrected chi connectivity index (χ0v) is 21.1. The third kappa shape index (κ3) is 5.33. The summed E-state index contributed by atoms with van der Waals surface area (Å²) in [5, 5.41) is 0. The molecule has 0 spiro atoms. The Morgan fingerprint density at radius 3 is 2.35 bits per heavy atom. The molecule has 1 saturated carbocycles. The van der Waals surface area contributed by atoms with Crippen LogP contribution < -0.4 is 4.74 Å². The minimum absolute atomic E-state index is 0.205. The Hall–Kier alpha value is -2.33. The van der Waals surface area contributed by atoms with Crippen LogP contribution in [-0.4, -0.2) is 41.4 Å². The van der Waals surface area contributed by atoms with Crippen LogP contribution in [0, 0.1) is 16.7 Å². The van der Waals surface area contributed by atoms with Crippen LogP contribution in [0.25, 0.3) is 0 Å². The third-order valence-electron chi connectivity index (χ3n) is 8.21. The van der Waals surface area contributed by atoms with Crippen LogP contribution in [0.4, 0.5) is 0 Å². The molecule has 2 atom stereocenters. The first kappa shape index (κ1) is 23.4. The molecule has 2 aromatic rings. The van der Waals surface area contributed by atoms with Crippen LogP contribution >= 0.6 is 0 Å². The number of nitrogens with zero attached hydrogens (tertiary/aromatic N) is 2. The van der Waals surface area contributed by atoms with Gasteiger partial charge in [0.1, 0.15) is 12.4 Å². The van der Waals surface area contributed by atoms with Gasteiger partial charge in [0, 0.05) is 25.0 Å². The second kappa shape index (κ2) is 9.37. The summed E-state index contributed by atoms with van der Waals surface area (Å²) in [6, 6.07) is 19.2. The highest BCUT2D eigenvalue weighted by Gasteiger charge is 2.51. The number of carbonyl (C=O) groups excluding carboxylic acids is 1. The number of fused-ring (bicyclic) bond motifs is 2. The summed E-state index contributed by atoms with van der Waals surface area (Å²) in [5.74, 6) is 1.55. The van der Waals surface area contributed by atoms with Gasteiger partial charge in [-0.25, -0.2) is 0 Å². The molecule has 3 fully saturated rings. The van der Waals surface area contributed by atoms with Crippen molar-refractivity contribution in [1.82, 2.24) is 9.80 Å². The van der Waals surface area contributed by atoms with E-state index < -0.39 is 0 Å². The fraction of sp³-hybridized carbons (Fsp3) is 0.567. The smallest absolute Gasteiger partial charge is 0.226 e. The van der Waals surface area contributed by atoms with E-state index >= 15 is 0 Å². The van der Waals surface area contributed by atoms with Gasteiger partial charge in [-0.1, -0.05) is 63.2 Å². The molecule has 34 heavy (non-hydrogen) atoms. The van der Waals surface area contributed by atoms with Crippen molar-refractivity contribution in [1.29, 1.82) is 0 Å². The molecule has 2 heterocycles. The molecule has 2 saturated heterocycles. The maximum absolute atomic E-state index is 13.5. The Kier molecular flexibility index (Phi) is 6.45. The molecular formula is C30H40N2O2. The van der Waals surface area contributed by atoms with E-state index in [2.05, 4.69) is 67.0 Å². The summed E-state index contributed by atoms with van der Waals surface area (Å²) in [7, 11) is 0. The molecule has 2 aromatic carbocycles. The largest absolute Gasteiger partial charge is 0.489 e. The molecule has 1 amide bonds. The summed E-state index contributed by atoms with van der Waals surface area (Å²) in [6.45, 7) is 11.7. The quantitative estimate of drug-likeness (QED) is 0.538. The van der Waals surface area contributed by atoms with Crippen molar-refractivity contribution in [3.63, 3.8) is 0 Å². The molecule has 2 bridgehead atoms. The fourth-order valence-corrected chi connectivity index (χ4v) is 6.98. The molecule has 4 nitrogen and oxygen atoms in total. The lowest BCUT2D eigenvalue weighted by Gasteiger charge is -2.40. The molecular weight excluding hydrogens is 420 g/mol. The first-order valence-electron chi connectivity index (χ1n) is 13.1. The summed E-state index contributed by atoms with van der Waals surface area (Å²) in [6.07, 6.45) is 5.58. The van der Waals surface area contributed by atoms with Crippen molar-refractivity contribution in [2.24, 2.45) is 16.7 Å². The van der Waals surface area contributed by atoms with E-state index in [1.807, 2.05) is 18.2 Å². The van der Waals surface area contributed by atoms with Crippen molar-refractivity contribution in [3.05, 3.63) is 65.7 Å². The Morgan fingerprint density at radius 1 is 0.941 bits per heavy atom. The third-order valence-corrected chi connectivity index (χ3v) is 8.21. The van der Waals surface area contributed by atoms with Gasteiger partial charge in [-0.05, 0) is 79.3 Å². The summed E-state index contributed by atoms with van der Waals surface area (Å²) >= 11 is 0. The highest BCUT2D eigenvalue weighted by molar-refractivity contribution is 5.79. The zero-order valence-electron chi connectivity index (χ0n) is 21.1. The lowest BCUT2D eigenvalue weighted by molar-refractivity contribution is -0.138. The van der Waals surface area contributed by atoms with E-state index in [1.54, 1.807) is 0 Å². The lowest BCUT2D eigenvalue weighted by Crippen LogP contribution is -2.44. The van der Waals surface area contributed by atoms with Gasteiger partial charge in [0.05, 0.1) is 0 Å². The Labute approximate surface area is 205 Å². The van der Waals surface area contributed by atoms with Crippen LogP contribution in [0.5, 0.6) is 5.75 Å². The minimum atomic E-state index is 0.205. The van der Waals surface area contributed by atoms with Crippen LogP contribution in [-0.2, 0) is 17.9 Å². The van der Waals surface area contributed by atoms with Gasteiger partial charge in [-0.2, -0.15) is 0 Å². The number of likely N-dealkylation sites (tertiary alicyclic amines) is 2. The van der Waals surface area contributed by atoms with Crippen LogP contribution in [0.2, 0.25) is 0 Å². The predicted molar refractivity (Wildman–Crippen MR) is 136 cm³/mol. The first-order valence-corrected chi connectivity index (χ1v) is 13.1. The Balaban J connectivity index is 1.09. The van der Waals surface area contributed by atoms with E-state index in [-0.39, 0.29) is 5.92 Å². The van der Waals surface area contributed by atoms with Gasteiger partial charge in [0.2, 0.25) is 5.91 Å². The maximum Gasteiger partial charge on any atom is 0.226 e. The lowest BCUT2D eigenvalue weighted by atomic mass is 9.65. The van der Waals surface area contributed by atoms with Crippen molar-refractivity contribution in [2.45, 2.75) is 72.1 Å². The van der Waals surface area contributed by atoms with Gasteiger partial charge >= 0.3 is 0 Å². The van der Waals surface area contributed by atoms with Gasteiger partial charge in [0.25, 0.3) is 0 Å². The predicted octanol–water partition coefficient (Wildman–Crippen LogP) is 5.90. The molecule has 182 valence electrons. The van der Waals surface area contributed by atoms with Crippen LogP contribution in [0.3, 0.4) is 0 Å². The normalized spacial score (nSPS) is 27.0. The molecule has 2 aliphatic heterocycles. The van der Waals surface area contributed by atoms with E-state index in [4.69, 9.17) is 4.74 Å². The number of hydrogen-bond donors (Lipinski definition) is 0. The van der Waals surface area contributed by atoms with Crippen molar-refractivity contribution in [3.8, 4) is 5.75 Å². The van der Waals surface area contributed by atoms with E-state index in [1.165, 1.54) is 24.0 Å². The maximum atomic E-state index is 13.5. The summed E-state index contributed by atoms with van der Waals surface area (Å²) < 4.78 is 5.92. The number of rotatable bonds is 6. The van der Waals surface area contributed by atoms with E-state index in [9.17, 15) is 4.79 Å². The molecule has 3 aliphatic rings. The summed E-state index contributed by atoms with van der Waals surface area (Å²) in [4.78, 5) is 18.2. The Morgan fingerprint density at radius 2 is 1.65 bits per heavy atom. The molecule has 0 unspecified atom stereocenters. The fourth-order valence-electron chi connectivity index (χ4n) is 6.98. The monoisotopic (exact) mass is 460 g/mol. The molecule has 0 N–H and O–H groups in total. The van der Waals surface area contributed by atoms with Crippen LogP contribution in [0.1, 0.15) is 64.0 Å². The van der Waals surface area contributed by atoms with Crippen molar-refractivity contribution in [2.75, 3.05) is 19.6 Å².